The van der Waals surface area contributed by atoms with Crippen LogP contribution in [-0.4, -0.2) is 6.26 Å². The summed E-state index contributed by atoms with van der Waals surface area (Å²) in [5.74, 6) is 0. The molecule has 0 radical (unpaired) electrons. The highest BCUT2D eigenvalue weighted by molar-refractivity contribution is 8.07. The van der Waals surface area contributed by atoms with Gasteiger partial charge in [0, 0.05) is 4.91 Å². The number of thioether (sulfide) groups is 1. The van der Waals surface area contributed by atoms with E-state index in [0.29, 0.717) is 0 Å². The van der Waals surface area contributed by atoms with E-state index in [4.69, 9.17) is 0 Å². The minimum Gasteiger partial charge on any atom is -0.130 e. The maximum absolute atomic E-state index is 4.06. The SMILES string of the molecule is C=C(SC)c1cccc2ccccc12. The van der Waals surface area contributed by atoms with Gasteiger partial charge in [0.2, 0.25) is 0 Å². The minimum atomic E-state index is 1.13. The lowest BCUT2D eigenvalue weighted by molar-refractivity contribution is 1.71. The zero-order valence-corrected chi connectivity index (χ0v) is 8.97. The standard InChI is InChI=1S/C13H12S/c1-10(14-2)12-9-5-7-11-6-3-4-8-13(11)12/h3-9H,1H2,2H3. The minimum absolute atomic E-state index is 1.13. The Balaban J connectivity index is 2.71. The zero-order valence-electron chi connectivity index (χ0n) is 8.16. The molecule has 0 saturated carbocycles. The van der Waals surface area contributed by atoms with Crippen LogP contribution >= 0.6 is 11.8 Å². The van der Waals surface area contributed by atoms with E-state index in [1.165, 1.54) is 16.3 Å². The van der Waals surface area contributed by atoms with Gasteiger partial charge in [-0.15, -0.1) is 11.8 Å². The van der Waals surface area contributed by atoms with Gasteiger partial charge in [0.25, 0.3) is 0 Å². The zero-order chi connectivity index (χ0) is 9.97. The van der Waals surface area contributed by atoms with Crippen molar-refractivity contribution in [1.82, 2.24) is 0 Å². The molecule has 0 unspecified atom stereocenters. The van der Waals surface area contributed by atoms with Gasteiger partial charge in [0.1, 0.15) is 0 Å². The molecule has 0 N–H and O–H groups in total. The van der Waals surface area contributed by atoms with Gasteiger partial charge in [-0.1, -0.05) is 49.0 Å². The van der Waals surface area contributed by atoms with Gasteiger partial charge in [-0.05, 0) is 22.6 Å². The van der Waals surface area contributed by atoms with Crippen molar-refractivity contribution in [2.45, 2.75) is 0 Å². The number of hydrogen-bond acceptors (Lipinski definition) is 1. The summed E-state index contributed by atoms with van der Waals surface area (Å²) in [7, 11) is 0. The van der Waals surface area contributed by atoms with Crippen LogP contribution in [0.4, 0.5) is 0 Å². The van der Waals surface area contributed by atoms with Gasteiger partial charge >= 0.3 is 0 Å². The Morgan fingerprint density at radius 2 is 1.79 bits per heavy atom. The molecule has 2 aromatic rings. The maximum atomic E-state index is 4.06. The molecule has 0 amide bonds. The Hall–Kier alpha value is -1.21. The monoisotopic (exact) mass is 200 g/mol. The second-order valence-corrected chi connectivity index (χ2v) is 4.06. The Labute approximate surface area is 88.6 Å². The third kappa shape index (κ3) is 1.55. The predicted octanol–water partition coefficient (Wildman–Crippen LogP) is 4.17. The van der Waals surface area contributed by atoms with Crippen LogP contribution in [-0.2, 0) is 0 Å². The second kappa shape index (κ2) is 3.89. The molecule has 0 bridgehead atoms. The summed E-state index contributed by atoms with van der Waals surface area (Å²) in [5, 5.41) is 2.56. The average molecular weight is 200 g/mol. The molecule has 0 aliphatic rings. The first-order valence-electron chi connectivity index (χ1n) is 4.54. The third-order valence-corrected chi connectivity index (χ3v) is 3.05. The molecule has 0 fully saturated rings. The van der Waals surface area contributed by atoms with E-state index in [1.54, 1.807) is 11.8 Å². The van der Waals surface area contributed by atoms with Gasteiger partial charge in [0.05, 0.1) is 0 Å². The lowest BCUT2D eigenvalue weighted by Gasteiger charge is -2.06. The van der Waals surface area contributed by atoms with E-state index in [1.807, 2.05) is 0 Å². The fraction of sp³-hybridized carbons (Fsp3) is 0.0769. The first-order valence-corrected chi connectivity index (χ1v) is 5.76. The van der Waals surface area contributed by atoms with Crippen LogP contribution in [0.15, 0.2) is 49.0 Å². The summed E-state index contributed by atoms with van der Waals surface area (Å²) in [5.41, 5.74) is 1.25. The first kappa shape index (κ1) is 9.35. The summed E-state index contributed by atoms with van der Waals surface area (Å²) in [6.07, 6.45) is 2.06. The van der Waals surface area contributed by atoms with Crippen LogP contribution in [0.3, 0.4) is 0 Å². The van der Waals surface area contributed by atoms with Crippen molar-refractivity contribution < 1.29 is 0 Å². The summed E-state index contributed by atoms with van der Waals surface area (Å²) < 4.78 is 0. The Kier molecular flexibility index (Phi) is 2.60. The van der Waals surface area contributed by atoms with Gasteiger partial charge in [-0.25, -0.2) is 0 Å². The van der Waals surface area contributed by atoms with Crippen molar-refractivity contribution in [2.24, 2.45) is 0 Å². The fourth-order valence-electron chi connectivity index (χ4n) is 1.58. The number of rotatable bonds is 2. The van der Waals surface area contributed by atoms with Crippen molar-refractivity contribution in [3.63, 3.8) is 0 Å². The quantitative estimate of drug-likeness (QED) is 0.701. The second-order valence-electron chi connectivity index (χ2n) is 3.15. The number of benzene rings is 2. The summed E-state index contributed by atoms with van der Waals surface area (Å²) in [4.78, 5) is 1.13. The third-order valence-electron chi connectivity index (χ3n) is 2.34. The molecule has 0 atom stereocenters. The highest BCUT2D eigenvalue weighted by atomic mass is 32.2. The molecule has 2 aromatic carbocycles. The predicted molar refractivity (Wildman–Crippen MR) is 66.5 cm³/mol. The molecule has 0 nitrogen and oxygen atoms in total. The molecule has 0 aliphatic heterocycles. The van der Waals surface area contributed by atoms with Gasteiger partial charge in [-0.2, -0.15) is 0 Å². The van der Waals surface area contributed by atoms with E-state index < -0.39 is 0 Å². The van der Waals surface area contributed by atoms with Crippen molar-refractivity contribution in [3.05, 3.63) is 54.6 Å². The fourth-order valence-corrected chi connectivity index (χ4v) is 1.98. The molecule has 0 aliphatic carbocycles. The Morgan fingerprint density at radius 1 is 1.07 bits per heavy atom. The van der Waals surface area contributed by atoms with Gasteiger partial charge in [-0.3, -0.25) is 0 Å². The van der Waals surface area contributed by atoms with E-state index in [0.717, 1.165) is 4.91 Å². The molecule has 14 heavy (non-hydrogen) atoms. The lowest BCUT2D eigenvalue weighted by atomic mass is 10.0. The molecular weight excluding hydrogens is 188 g/mol. The lowest BCUT2D eigenvalue weighted by Crippen LogP contribution is -1.81. The summed E-state index contributed by atoms with van der Waals surface area (Å²) >= 11 is 1.70. The topological polar surface area (TPSA) is 0 Å². The Morgan fingerprint density at radius 3 is 2.57 bits per heavy atom. The molecule has 0 spiro atoms. The van der Waals surface area contributed by atoms with Gasteiger partial charge in [0.15, 0.2) is 0 Å². The molecular formula is C13H12S. The van der Waals surface area contributed by atoms with Crippen molar-refractivity contribution in [3.8, 4) is 0 Å². The highest BCUT2D eigenvalue weighted by Crippen LogP contribution is 2.29. The smallest absolute Gasteiger partial charge is 0.00759 e. The van der Waals surface area contributed by atoms with E-state index in [9.17, 15) is 0 Å². The Bertz CT molecular complexity index is 466. The van der Waals surface area contributed by atoms with Crippen molar-refractivity contribution in [2.75, 3.05) is 6.26 Å². The molecule has 0 heterocycles. The van der Waals surface area contributed by atoms with Crippen LogP contribution in [0.2, 0.25) is 0 Å². The van der Waals surface area contributed by atoms with E-state index in [2.05, 4.69) is 55.3 Å². The van der Waals surface area contributed by atoms with E-state index >= 15 is 0 Å². The average Bonchev–Trinajstić information content (AvgIpc) is 2.27. The molecule has 1 heteroatoms. The summed E-state index contributed by atoms with van der Waals surface area (Å²) in [6, 6.07) is 14.7. The molecule has 70 valence electrons. The maximum Gasteiger partial charge on any atom is 0.00759 e. The van der Waals surface area contributed by atoms with Crippen LogP contribution in [0, 0.1) is 0 Å². The summed E-state index contributed by atoms with van der Waals surface area (Å²) in [6.45, 7) is 4.06. The van der Waals surface area contributed by atoms with Gasteiger partial charge < -0.3 is 0 Å². The van der Waals surface area contributed by atoms with Crippen LogP contribution in [0.1, 0.15) is 5.56 Å². The van der Waals surface area contributed by atoms with Crippen molar-refractivity contribution >= 4 is 27.4 Å². The largest absolute Gasteiger partial charge is 0.130 e. The van der Waals surface area contributed by atoms with Crippen LogP contribution in [0.5, 0.6) is 0 Å². The van der Waals surface area contributed by atoms with Crippen LogP contribution < -0.4 is 0 Å². The number of fused-ring (bicyclic) bond motifs is 1. The molecule has 0 saturated heterocycles. The number of hydrogen-bond donors (Lipinski definition) is 0. The van der Waals surface area contributed by atoms with Crippen LogP contribution in [0.25, 0.3) is 15.7 Å². The highest BCUT2D eigenvalue weighted by Gasteiger charge is 2.01. The first-order chi connectivity index (χ1) is 6.83. The van der Waals surface area contributed by atoms with Crippen molar-refractivity contribution in [1.29, 1.82) is 0 Å². The van der Waals surface area contributed by atoms with E-state index in [-0.39, 0.29) is 0 Å². The normalized spacial score (nSPS) is 10.4. The molecule has 0 aromatic heterocycles. The molecule has 2 rings (SSSR count).